The average Bonchev–Trinajstić information content (AvgIpc) is 2.71. The standard InChI is InChI=1S/C14H21N3/c1-14(2,10-15-3)17(4)13-9-16-12-8-6-5-7-11(12)13/h5-9,15-16H,10H2,1-4H3. The van der Waals surface area contributed by atoms with Crippen LogP contribution < -0.4 is 10.2 Å². The Morgan fingerprint density at radius 3 is 2.71 bits per heavy atom. The molecule has 0 saturated carbocycles. The summed E-state index contributed by atoms with van der Waals surface area (Å²) in [6.45, 7) is 5.43. The van der Waals surface area contributed by atoms with Gasteiger partial charge in [0.25, 0.3) is 0 Å². The van der Waals surface area contributed by atoms with Crippen molar-refractivity contribution >= 4 is 16.6 Å². The Hall–Kier alpha value is -1.48. The van der Waals surface area contributed by atoms with Crippen LogP contribution in [0.3, 0.4) is 0 Å². The second kappa shape index (κ2) is 4.41. The Morgan fingerprint density at radius 1 is 1.29 bits per heavy atom. The Balaban J connectivity index is 2.40. The van der Waals surface area contributed by atoms with E-state index in [1.165, 1.54) is 16.6 Å². The number of fused-ring (bicyclic) bond motifs is 1. The van der Waals surface area contributed by atoms with Crippen LogP contribution in [-0.2, 0) is 0 Å². The minimum absolute atomic E-state index is 0.0831. The highest BCUT2D eigenvalue weighted by Crippen LogP contribution is 2.29. The predicted molar refractivity (Wildman–Crippen MR) is 74.7 cm³/mol. The zero-order chi connectivity index (χ0) is 12.5. The minimum Gasteiger partial charge on any atom is -0.366 e. The van der Waals surface area contributed by atoms with Gasteiger partial charge in [-0.05, 0) is 27.0 Å². The number of nitrogens with one attached hydrogen (secondary N) is 2. The Labute approximate surface area is 103 Å². The highest BCUT2D eigenvalue weighted by atomic mass is 15.2. The second-order valence-electron chi connectivity index (χ2n) is 5.12. The lowest BCUT2D eigenvalue weighted by molar-refractivity contribution is 0.464. The summed E-state index contributed by atoms with van der Waals surface area (Å²) in [4.78, 5) is 5.64. The zero-order valence-corrected chi connectivity index (χ0v) is 11.0. The Bertz CT molecular complexity index is 499. The van der Waals surface area contributed by atoms with E-state index in [2.05, 4.69) is 66.6 Å². The third-order valence-corrected chi connectivity index (χ3v) is 3.45. The van der Waals surface area contributed by atoms with Gasteiger partial charge in [0.2, 0.25) is 0 Å². The monoisotopic (exact) mass is 231 g/mol. The van der Waals surface area contributed by atoms with Crippen molar-refractivity contribution < 1.29 is 0 Å². The maximum absolute atomic E-state index is 3.32. The number of aromatic amines is 1. The minimum atomic E-state index is 0.0831. The summed E-state index contributed by atoms with van der Waals surface area (Å²) in [5.74, 6) is 0. The molecule has 1 heterocycles. The first-order chi connectivity index (χ1) is 8.06. The first-order valence-corrected chi connectivity index (χ1v) is 6.01. The molecule has 1 aromatic carbocycles. The van der Waals surface area contributed by atoms with Gasteiger partial charge in [-0.1, -0.05) is 18.2 Å². The molecule has 0 atom stereocenters. The van der Waals surface area contributed by atoms with Crippen LogP contribution in [0.5, 0.6) is 0 Å². The van der Waals surface area contributed by atoms with Crippen molar-refractivity contribution in [3.8, 4) is 0 Å². The molecule has 0 bridgehead atoms. The van der Waals surface area contributed by atoms with Gasteiger partial charge in [0, 0.05) is 36.2 Å². The zero-order valence-electron chi connectivity index (χ0n) is 11.0. The number of nitrogens with zero attached hydrogens (tertiary/aromatic N) is 1. The topological polar surface area (TPSA) is 31.1 Å². The highest BCUT2D eigenvalue weighted by molar-refractivity contribution is 5.93. The van der Waals surface area contributed by atoms with Crippen LogP contribution in [0.15, 0.2) is 30.5 Å². The second-order valence-corrected chi connectivity index (χ2v) is 5.12. The van der Waals surface area contributed by atoms with Gasteiger partial charge in [-0.25, -0.2) is 0 Å². The third-order valence-electron chi connectivity index (χ3n) is 3.45. The lowest BCUT2D eigenvalue weighted by Crippen LogP contribution is -2.48. The lowest BCUT2D eigenvalue weighted by Gasteiger charge is -2.37. The summed E-state index contributed by atoms with van der Waals surface area (Å²) in [7, 11) is 4.14. The van der Waals surface area contributed by atoms with Gasteiger partial charge in [0.05, 0.1) is 5.69 Å². The number of anilines is 1. The molecule has 0 spiro atoms. The molecule has 1 aromatic heterocycles. The predicted octanol–water partition coefficient (Wildman–Crippen LogP) is 2.60. The summed E-state index contributed by atoms with van der Waals surface area (Å²) in [6, 6.07) is 8.41. The average molecular weight is 231 g/mol. The van der Waals surface area contributed by atoms with Crippen molar-refractivity contribution in [2.24, 2.45) is 0 Å². The van der Waals surface area contributed by atoms with Crippen molar-refractivity contribution in [1.82, 2.24) is 10.3 Å². The van der Waals surface area contributed by atoms with Crippen LogP contribution in [0.1, 0.15) is 13.8 Å². The van der Waals surface area contributed by atoms with Gasteiger partial charge in [0.1, 0.15) is 0 Å². The number of hydrogen-bond donors (Lipinski definition) is 2. The molecule has 0 saturated heterocycles. The van der Waals surface area contributed by atoms with E-state index in [1.807, 2.05) is 7.05 Å². The van der Waals surface area contributed by atoms with E-state index >= 15 is 0 Å². The number of likely N-dealkylation sites (N-methyl/N-ethyl adjacent to an activating group) is 2. The van der Waals surface area contributed by atoms with Gasteiger partial charge >= 0.3 is 0 Å². The molecule has 2 rings (SSSR count). The van der Waals surface area contributed by atoms with Crippen molar-refractivity contribution in [2.75, 3.05) is 25.5 Å². The van der Waals surface area contributed by atoms with E-state index in [9.17, 15) is 0 Å². The molecule has 3 heteroatoms. The molecule has 0 amide bonds. The fourth-order valence-electron chi connectivity index (χ4n) is 2.21. The fraction of sp³-hybridized carbons (Fsp3) is 0.429. The van der Waals surface area contributed by atoms with Crippen LogP contribution in [0.25, 0.3) is 10.9 Å². The summed E-state index contributed by atoms with van der Waals surface area (Å²) < 4.78 is 0. The van der Waals surface area contributed by atoms with Gasteiger partial charge in [0.15, 0.2) is 0 Å². The van der Waals surface area contributed by atoms with Crippen molar-refractivity contribution in [2.45, 2.75) is 19.4 Å². The summed E-state index contributed by atoms with van der Waals surface area (Å²) >= 11 is 0. The van der Waals surface area contributed by atoms with Gasteiger partial charge in [-0.3, -0.25) is 0 Å². The number of hydrogen-bond acceptors (Lipinski definition) is 2. The molecule has 3 nitrogen and oxygen atoms in total. The number of para-hydroxylation sites is 1. The SMILES string of the molecule is CNCC(C)(C)N(C)c1c[nH]c2ccccc12. The van der Waals surface area contributed by atoms with Crippen LogP contribution >= 0.6 is 0 Å². The maximum atomic E-state index is 3.32. The molecule has 0 aliphatic rings. The molecular formula is C14H21N3. The molecule has 0 unspecified atom stereocenters. The first-order valence-electron chi connectivity index (χ1n) is 6.01. The van der Waals surface area contributed by atoms with Crippen LogP contribution in [0, 0.1) is 0 Å². The normalized spacial score (nSPS) is 12.0. The smallest absolute Gasteiger partial charge is 0.0626 e. The van der Waals surface area contributed by atoms with Crippen molar-refractivity contribution in [3.63, 3.8) is 0 Å². The molecule has 17 heavy (non-hydrogen) atoms. The Kier molecular flexibility index (Phi) is 3.11. The van der Waals surface area contributed by atoms with E-state index in [0.717, 1.165) is 6.54 Å². The molecular weight excluding hydrogens is 210 g/mol. The molecule has 0 aliphatic carbocycles. The van der Waals surface area contributed by atoms with E-state index < -0.39 is 0 Å². The maximum Gasteiger partial charge on any atom is 0.0626 e. The van der Waals surface area contributed by atoms with Gasteiger partial charge in [-0.2, -0.15) is 0 Å². The number of benzene rings is 1. The third kappa shape index (κ3) is 2.15. The summed E-state index contributed by atoms with van der Waals surface area (Å²) in [5, 5.41) is 4.52. The lowest BCUT2D eigenvalue weighted by atomic mass is 10.0. The quantitative estimate of drug-likeness (QED) is 0.847. The first kappa shape index (κ1) is 12.0. The van der Waals surface area contributed by atoms with Crippen LogP contribution in [0.4, 0.5) is 5.69 Å². The molecule has 0 aliphatic heterocycles. The Morgan fingerprint density at radius 2 is 2.00 bits per heavy atom. The molecule has 92 valence electrons. The largest absolute Gasteiger partial charge is 0.366 e. The fourth-order valence-corrected chi connectivity index (χ4v) is 2.21. The van der Waals surface area contributed by atoms with Crippen LogP contribution in [0.2, 0.25) is 0 Å². The number of H-pyrrole nitrogens is 1. The van der Waals surface area contributed by atoms with E-state index in [-0.39, 0.29) is 5.54 Å². The van der Waals surface area contributed by atoms with Crippen molar-refractivity contribution in [3.05, 3.63) is 30.5 Å². The van der Waals surface area contributed by atoms with Gasteiger partial charge in [-0.15, -0.1) is 0 Å². The summed E-state index contributed by atoms with van der Waals surface area (Å²) in [5.41, 5.74) is 2.52. The molecule has 2 aromatic rings. The van der Waals surface area contributed by atoms with Crippen molar-refractivity contribution in [1.29, 1.82) is 0 Å². The number of aromatic nitrogens is 1. The summed E-state index contributed by atoms with van der Waals surface area (Å²) in [6.07, 6.45) is 2.09. The molecule has 2 N–H and O–H groups in total. The molecule has 0 radical (unpaired) electrons. The highest BCUT2D eigenvalue weighted by Gasteiger charge is 2.24. The van der Waals surface area contributed by atoms with E-state index in [0.29, 0.717) is 0 Å². The number of rotatable bonds is 4. The molecule has 0 fully saturated rings. The van der Waals surface area contributed by atoms with E-state index in [1.54, 1.807) is 0 Å². The van der Waals surface area contributed by atoms with Gasteiger partial charge < -0.3 is 15.2 Å². The van der Waals surface area contributed by atoms with E-state index in [4.69, 9.17) is 0 Å². The van der Waals surface area contributed by atoms with Crippen LogP contribution in [-0.4, -0.2) is 31.2 Å².